The third-order valence-electron chi connectivity index (χ3n) is 3.53. The van der Waals surface area contributed by atoms with Gasteiger partial charge in [0.25, 0.3) is 0 Å². The van der Waals surface area contributed by atoms with E-state index in [9.17, 15) is 0 Å². The minimum atomic E-state index is 0.896. The van der Waals surface area contributed by atoms with Crippen molar-refractivity contribution >= 4 is 33.5 Å². The van der Waals surface area contributed by atoms with Gasteiger partial charge in [-0.2, -0.15) is 0 Å². The van der Waals surface area contributed by atoms with Gasteiger partial charge in [0.1, 0.15) is 5.65 Å². The molecule has 0 saturated heterocycles. The van der Waals surface area contributed by atoms with E-state index in [1.165, 1.54) is 0 Å². The number of benzene rings is 2. The Kier molecular flexibility index (Phi) is 2.21. The summed E-state index contributed by atoms with van der Waals surface area (Å²) in [5, 5.41) is 1.08. The van der Waals surface area contributed by atoms with Gasteiger partial charge in [-0.3, -0.25) is 4.40 Å². The summed E-state index contributed by atoms with van der Waals surface area (Å²) in [6.07, 6.45) is 0. The zero-order valence-electron chi connectivity index (χ0n) is 11.4. The van der Waals surface area contributed by atoms with E-state index in [0.717, 1.165) is 33.5 Å². The zero-order valence-corrected chi connectivity index (χ0v) is 11.4. The van der Waals surface area contributed by atoms with Gasteiger partial charge in [-0.15, -0.1) is 0 Å². The third kappa shape index (κ3) is 1.42. The number of nitrogens with zero attached hydrogens (tertiary/aromatic N) is 4. The number of hydrogen-bond acceptors (Lipinski definition) is 3. The Morgan fingerprint density at radius 2 is 1.55 bits per heavy atom. The smallest absolute Gasteiger partial charge is 0.211 e. The van der Waals surface area contributed by atoms with Crippen molar-refractivity contribution in [1.29, 1.82) is 0 Å². The molecule has 2 aromatic carbocycles. The fraction of sp³-hybridized carbons (Fsp3) is 0.125. The standard InChI is InChI=1S/C16H14N4/c1-19(2)16-18-12-8-4-3-7-11(12)15-17-13-9-5-6-10-14(13)20(15)16/h3-10H,1-2H3. The summed E-state index contributed by atoms with van der Waals surface area (Å²) in [6, 6.07) is 16.3. The SMILES string of the molecule is CN(C)c1nc2ccccc2c2nc3ccccc3n12. The lowest BCUT2D eigenvalue weighted by Crippen LogP contribution is -2.15. The first kappa shape index (κ1) is 11.2. The molecule has 0 N–H and O–H groups in total. The Bertz CT molecular complexity index is 937. The predicted octanol–water partition coefficient (Wildman–Crippen LogP) is 3.10. The van der Waals surface area contributed by atoms with Crippen molar-refractivity contribution in [2.24, 2.45) is 0 Å². The Morgan fingerprint density at radius 3 is 2.35 bits per heavy atom. The molecule has 98 valence electrons. The Hall–Kier alpha value is -2.62. The van der Waals surface area contributed by atoms with Gasteiger partial charge in [0.05, 0.1) is 16.6 Å². The highest BCUT2D eigenvalue weighted by molar-refractivity contribution is 5.97. The molecule has 0 bridgehead atoms. The second-order valence-electron chi connectivity index (χ2n) is 5.08. The van der Waals surface area contributed by atoms with Crippen LogP contribution in [-0.4, -0.2) is 28.5 Å². The highest BCUT2D eigenvalue weighted by Crippen LogP contribution is 2.27. The van der Waals surface area contributed by atoms with Crippen LogP contribution in [0.25, 0.3) is 27.6 Å². The van der Waals surface area contributed by atoms with Crippen molar-refractivity contribution in [3.8, 4) is 0 Å². The van der Waals surface area contributed by atoms with E-state index < -0.39 is 0 Å². The molecular weight excluding hydrogens is 248 g/mol. The highest BCUT2D eigenvalue weighted by atomic mass is 15.3. The number of fused-ring (bicyclic) bond motifs is 5. The Morgan fingerprint density at radius 1 is 0.850 bits per heavy atom. The van der Waals surface area contributed by atoms with Gasteiger partial charge in [0.15, 0.2) is 0 Å². The summed E-state index contributed by atoms with van der Waals surface area (Å²) in [5.41, 5.74) is 4.01. The number of para-hydroxylation sites is 3. The fourth-order valence-corrected chi connectivity index (χ4v) is 2.63. The molecular formula is C16H14N4. The second-order valence-corrected chi connectivity index (χ2v) is 5.08. The Balaban J connectivity index is 2.33. The van der Waals surface area contributed by atoms with Crippen LogP contribution in [0, 0.1) is 0 Å². The molecule has 20 heavy (non-hydrogen) atoms. The number of hydrogen-bond donors (Lipinski definition) is 0. The van der Waals surface area contributed by atoms with Gasteiger partial charge in [-0.05, 0) is 24.3 Å². The van der Waals surface area contributed by atoms with E-state index in [1.54, 1.807) is 0 Å². The summed E-state index contributed by atoms with van der Waals surface area (Å²) in [4.78, 5) is 11.6. The van der Waals surface area contributed by atoms with Crippen LogP contribution in [0.1, 0.15) is 0 Å². The van der Waals surface area contributed by atoms with Gasteiger partial charge >= 0.3 is 0 Å². The maximum absolute atomic E-state index is 4.78. The minimum absolute atomic E-state index is 0.896. The molecule has 0 atom stereocenters. The molecule has 2 heterocycles. The van der Waals surface area contributed by atoms with E-state index in [1.807, 2.05) is 55.4 Å². The molecule has 0 unspecified atom stereocenters. The first-order valence-electron chi connectivity index (χ1n) is 6.59. The molecule has 0 saturated carbocycles. The quantitative estimate of drug-likeness (QED) is 0.528. The maximum Gasteiger partial charge on any atom is 0.211 e. The van der Waals surface area contributed by atoms with Crippen LogP contribution >= 0.6 is 0 Å². The van der Waals surface area contributed by atoms with Gasteiger partial charge in [-0.1, -0.05) is 24.3 Å². The van der Waals surface area contributed by atoms with Crippen molar-refractivity contribution in [3.63, 3.8) is 0 Å². The first-order chi connectivity index (χ1) is 9.75. The molecule has 4 nitrogen and oxygen atoms in total. The molecule has 4 aromatic rings. The molecule has 0 fully saturated rings. The van der Waals surface area contributed by atoms with E-state index in [-0.39, 0.29) is 0 Å². The zero-order chi connectivity index (χ0) is 13.7. The molecule has 0 aliphatic heterocycles. The van der Waals surface area contributed by atoms with Gasteiger partial charge in [-0.25, -0.2) is 9.97 Å². The fourth-order valence-electron chi connectivity index (χ4n) is 2.63. The highest BCUT2D eigenvalue weighted by Gasteiger charge is 2.14. The Labute approximate surface area is 116 Å². The van der Waals surface area contributed by atoms with E-state index >= 15 is 0 Å². The summed E-state index contributed by atoms with van der Waals surface area (Å²) in [7, 11) is 4.01. The van der Waals surface area contributed by atoms with Crippen LogP contribution in [0.5, 0.6) is 0 Å². The van der Waals surface area contributed by atoms with Crippen molar-refractivity contribution in [2.75, 3.05) is 19.0 Å². The van der Waals surface area contributed by atoms with E-state index in [4.69, 9.17) is 9.97 Å². The number of anilines is 1. The summed E-state index contributed by atoms with van der Waals surface area (Å²) in [5.74, 6) is 0.896. The third-order valence-corrected chi connectivity index (χ3v) is 3.53. The minimum Gasteiger partial charge on any atom is -0.348 e. The lowest BCUT2D eigenvalue weighted by Gasteiger charge is -2.15. The van der Waals surface area contributed by atoms with Crippen LogP contribution in [0.4, 0.5) is 5.95 Å². The monoisotopic (exact) mass is 262 g/mol. The van der Waals surface area contributed by atoms with Crippen LogP contribution in [0.3, 0.4) is 0 Å². The number of rotatable bonds is 1. The molecule has 0 radical (unpaired) electrons. The van der Waals surface area contributed by atoms with Crippen LogP contribution in [-0.2, 0) is 0 Å². The van der Waals surface area contributed by atoms with Crippen LogP contribution < -0.4 is 4.90 Å². The predicted molar refractivity (Wildman–Crippen MR) is 82.3 cm³/mol. The molecule has 4 rings (SSSR count). The van der Waals surface area contributed by atoms with Crippen molar-refractivity contribution in [2.45, 2.75) is 0 Å². The van der Waals surface area contributed by atoms with E-state index in [2.05, 4.69) is 16.5 Å². The van der Waals surface area contributed by atoms with Crippen molar-refractivity contribution in [3.05, 3.63) is 48.5 Å². The summed E-state index contributed by atoms with van der Waals surface area (Å²) >= 11 is 0. The first-order valence-corrected chi connectivity index (χ1v) is 6.59. The number of imidazole rings is 1. The molecule has 0 spiro atoms. The number of aromatic nitrogens is 3. The second kappa shape index (κ2) is 3.93. The van der Waals surface area contributed by atoms with E-state index in [0.29, 0.717) is 0 Å². The molecule has 0 amide bonds. The van der Waals surface area contributed by atoms with Crippen molar-refractivity contribution < 1.29 is 0 Å². The van der Waals surface area contributed by atoms with Gasteiger partial charge in [0, 0.05) is 19.5 Å². The molecule has 4 heteroatoms. The molecule has 2 aromatic heterocycles. The lowest BCUT2D eigenvalue weighted by atomic mass is 10.2. The average molecular weight is 262 g/mol. The van der Waals surface area contributed by atoms with Gasteiger partial charge < -0.3 is 4.90 Å². The summed E-state index contributed by atoms with van der Waals surface area (Å²) in [6.45, 7) is 0. The summed E-state index contributed by atoms with van der Waals surface area (Å²) < 4.78 is 2.12. The largest absolute Gasteiger partial charge is 0.348 e. The molecule has 0 aliphatic rings. The maximum atomic E-state index is 4.78. The van der Waals surface area contributed by atoms with Crippen LogP contribution in [0.15, 0.2) is 48.5 Å². The average Bonchev–Trinajstić information content (AvgIpc) is 2.86. The van der Waals surface area contributed by atoms with Gasteiger partial charge in [0.2, 0.25) is 5.95 Å². The molecule has 0 aliphatic carbocycles. The van der Waals surface area contributed by atoms with Crippen LogP contribution in [0.2, 0.25) is 0 Å². The lowest BCUT2D eigenvalue weighted by molar-refractivity contribution is 0.991. The van der Waals surface area contributed by atoms with Crippen molar-refractivity contribution in [1.82, 2.24) is 14.4 Å². The normalized spacial score (nSPS) is 11.5. The topological polar surface area (TPSA) is 33.4 Å².